The molecule has 20 heavy (non-hydrogen) atoms. The molecule has 0 heterocycles. The number of amides is 2. The highest BCUT2D eigenvalue weighted by Crippen LogP contribution is 2.20. The Hall–Kier alpha value is -2.02. The Morgan fingerprint density at radius 1 is 0.950 bits per heavy atom. The van der Waals surface area contributed by atoms with Crippen LogP contribution in [0.15, 0.2) is 40.9 Å². The fraction of sp³-hybridized carbons (Fsp3) is 0. The summed E-state index contributed by atoms with van der Waals surface area (Å²) in [6.07, 6.45) is 0. The van der Waals surface area contributed by atoms with Crippen LogP contribution >= 0.6 is 15.9 Å². The average Bonchev–Trinajstić information content (AvgIpc) is 2.37. The fourth-order valence-corrected chi connectivity index (χ4v) is 1.83. The molecule has 2 aromatic rings. The Morgan fingerprint density at radius 3 is 2.35 bits per heavy atom. The van der Waals surface area contributed by atoms with Crippen molar-refractivity contribution < 1.29 is 18.0 Å². The first-order valence-electron chi connectivity index (χ1n) is 5.44. The van der Waals surface area contributed by atoms with Crippen molar-refractivity contribution in [3.05, 3.63) is 58.3 Å². The van der Waals surface area contributed by atoms with E-state index in [0.717, 1.165) is 18.2 Å². The van der Waals surface area contributed by atoms with Gasteiger partial charge in [0.25, 0.3) is 0 Å². The number of halogens is 4. The van der Waals surface area contributed by atoms with Gasteiger partial charge in [-0.05, 0) is 46.3 Å². The molecule has 0 radical (unpaired) electrons. The van der Waals surface area contributed by atoms with Gasteiger partial charge in [-0.15, -0.1) is 0 Å². The standard InChI is InChI=1S/C13H8BrF3N2O/c14-9-6-8(2-3-10(9)16)18-13(20)19-12-4-1-7(15)5-11(12)17/h1-6H,(H2,18,19,20). The number of urea groups is 1. The maximum Gasteiger partial charge on any atom is 0.323 e. The van der Waals surface area contributed by atoms with Crippen LogP contribution in [0.2, 0.25) is 0 Å². The zero-order valence-electron chi connectivity index (χ0n) is 9.88. The van der Waals surface area contributed by atoms with Crippen molar-refractivity contribution in [1.82, 2.24) is 0 Å². The van der Waals surface area contributed by atoms with Crippen LogP contribution in [0, 0.1) is 17.5 Å². The third-order valence-corrected chi connectivity index (χ3v) is 2.96. The molecule has 0 aliphatic heterocycles. The van der Waals surface area contributed by atoms with Gasteiger partial charge in [-0.25, -0.2) is 18.0 Å². The van der Waals surface area contributed by atoms with Crippen LogP contribution in [0.3, 0.4) is 0 Å². The minimum absolute atomic E-state index is 0.162. The largest absolute Gasteiger partial charge is 0.323 e. The SMILES string of the molecule is O=C(Nc1ccc(F)c(Br)c1)Nc1ccc(F)cc1F. The summed E-state index contributed by atoms with van der Waals surface area (Å²) in [6.45, 7) is 0. The molecule has 3 nitrogen and oxygen atoms in total. The summed E-state index contributed by atoms with van der Waals surface area (Å²) in [5, 5.41) is 4.61. The second-order valence-corrected chi connectivity index (χ2v) is 4.69. The van der Waals surface area contributed by atoms with E-state index < -0.39 is 23.5 Å². The summed E-state index contributed by atoms with van der Waals surface area (Å²) in [5.41, 5.74) is 0.156. The van der Waals surface area contributed by atoms with Gasteiger partial charge >= 0.3 is 6.03 Å². The van der Waals surface area contributed by atoms with E-state index in [2.05, 4.69) is 26.6 Å². The van der Waals surface area contributed by atoms with E-state index in [4.69, 9.17) is 0 Å². The van der Waals surface area contributed by atoms with Crippen LogP contribution in [0.4, 0.5) is 29.3 Å². The number of benzene rings is 2. The number of hydrogen-bond donors (Lipinski definition) is 2. The van der Waals surface area contributed by atoms with Crippen molar-refractivity contribution in [1.29, 1.82) is 0 Å². The van der Waals surface area contributed by atoms with E-state index in [0.29, 0.717) is 11.8 Å². The van der Waals surface area contributed by atoms with Crippen LogP contribution in [0.25, 0.3) is 0 Å². The normalized spacial score (nSPS) is 10.2. The predicted molar refractivity (Wildman–Crippen MR) is 73.1 cm³/mol. The minimum atomic E-state index is -0.888. The first-order valence-corrected chi connectivity index (χ1v) is 6.23. The third-order valence-electron chi connectivity index (χ3n) is 2.36. The molecule has 2 rings (SSSR count). The van der Waals surface area contributed by atoms with E-state index in [1.165, 1.54) is 12.1 Å². The maximum atomic E-state index is 13.3. The Labute approximate surface area is 120 Å². The minimum Gasteiger partial charge on any atom is -0.308 e. The zero-order chi connectivity index (χ0) is 14.7. The molecule has 0 atom stereocenters. The van der Waals surface area contributed by atoms with Crippen LogP contribution < -0.4 is 10.6 Å². The summed E-state index contributed by atoms with van der Waals surface area (Å²) in [6, 6.07) is 5.92. The lowest BCUT2D eigenvalue weighted by atomic mass is 10.3. The second kappa shape index (κ2) is 5.96. The lowest BCUT2D eigenvalue weighted by Crippen LogP contribution is -2.20. The first-order chi connectivity index (χ1) is 9.45. The number of carbonyl (C=O) groups is 1. The molecule has 0 aliphatic carbocycles. The number of nitrogens with one attached hydrogen (secondary N) is 2. The molecule has 2 amide bonds. The number of hydrogen-bond acceptors (Lipinski definition) is 1. The molecule has 0 aromatic heterocycles. The highest BCUT2D eigenvalue weighted by Gasteiger charge is 2.09. The Morgan fingerprint density at radius 2 is 1.70 bits per heavy atom. The van der Waals surface area contributed by atoms with Crippen molar-refractivity contribution in [2.24, 2.45) is 0 Å². The molecule has 0 bridgehead atoms. The highest BCUT2D eigenvalue weighted by atomic mass is 79.9. The maximum absolute atomic E-state index is 13.3. The molecule has 0 saturated carbocycles. The molecule has 0 unspecified atom stereocenters. The molecule has 104 valence electrons. The monoisotopic (exact) mass is 344 g/mol. The van der Waals surface area contributed by atoms with E-state index >= 15 is 0 Å². The van der Waals surface area contributed by atoms with E-state index in [9.17, 15) is 18.0 Å². The van der Waals surface area contributed by atoms with E-state index in [1.807, 2.05) is 0 Å². The van der Waals surface area contributed by atoms with Gasteiger partial charge in [0.2, 0.25) is 0 Å². The lowest BCUT2D eigenvalue weighted by Gasteiger charge is -2.09. The topological polar surface area (TPSA) is 41.1 Å². The van der Waals surface area contributed by atoms with Crippen molar-refractivity contribution in [2.75, 3.05) is 10.6 Å². The molecule has 2 aromatic carbocycles. The van der Waals surface area contributed by atoms with Crippen LogP contribution in [0.5, 0.6) is 0 Å². The summed E-state index contributed by atoms with van der Waals surface area (Å²) in [7, 11) is 0. The lowest BCUT2D eigenvalue weighted by molar-refractivity contribution is 0.262. The number of rotatable bonds is 2. The van der Waals surface area contributed by atoms with Gasteiger partial charge in [0.05, 0.1) is 10.2 Å². The quantitative estimate of drug-likeness (QED) is 0.826. The molecular formula is C13H8BrF3N2O. The molecule has 0 spiro atoms. The first kappa shape index (κ1) is 14.4. The summed E-state index contributed by atoms with van der Waals surface area (Å²) in [5.74, 6) is -2.10. The molecule has 0 fully saturated rings. The summed E-state index contributed by atoms with van der Waals surface area (Å²) in [4.78, 5) is 11.6. The van der Waals surface area contributed by atoms with Crippen molar-refractivity contribution >= 4 is 33.3 Å². The molecule has 0 aliphatic rings. The summed E-state index contributed by atoms with van der Waals surface area (Å²) >= 11 is 2.97. The second-order valence-electron chi connectivity index (χ2n) is 3.83. The fourth-order valence-electron chi connectivity index (χ4n) is 1.45. The predicted octanol–water partition coefficient (Wildman–Crippen LogP) is 4.51. The molecule has 7 heteroatoms. The van der Waals surface area contributed by atoms with Gasteiger partial charge in [0, 0.05) is 11.8 Å². The van der Waals surface area contributed by atoms with Gasteiger partial charge in [-0.3, -0.25) is 0 Å². The van der Waals surface area contributed by atoms with Crippen LogP contribution in [-0.4, -0.2) is 6.03 Å². The molecule has 0 saturated heterocycles. The third kappa shape index (κ3) is 3.51. The van der Waals surface area contributed by atoms with Gasteiger partial charge in [0.1, 0.15) is 17.5 Å². The molecular weight excluding hydrogens is 337 g/mol. The smallest absolute Gasteiger partial charge is 0.308 e. The van der Waals surface area contributed by atoms with Crippen LogP contribution in [-0.2, 0) is 0 Å². The number of carbonyl (C=O) groups excluding carboxylic acids is 1. The Bertz CT molecular complexity index is 664. The van der Waals surface area contributed by atoms with Crippen LogP contribution in [0.1, 0.15) is 0 Å². The van der Waals surface area contributed by atoms with Gasteiger partial charge < -0.3 is 10.6 Å². The van der Waals surface area contributed by atoms with E-state index in [-0.39, 0.29) is 10.2 Å². The summed E-state index contributed by atoms with van der Waals surface area (Å²) < 4.78 is 39.2. The van der Waals surface area contributed by atoms with E-state index in [1.54, 1.807) is 0 Å². The van der Waals surface area contributed by atoms with Gasteiger partial charge in [-0.2, -0.15) is 0 Å². The Kier molecular flexibility index (Phi) is 4.29. The van der Waals surface area contributed by atoms with Gasteiger partial charge in [-0.1, -0.05) is 0 Å². The average molecular weight is 345 g/mol. The van der Waals surface area contributed by atoms with Crippen molar-refractivity contribution in [2.45, 2.75) is 0 Å². The molecule has 2 N–H and O–H groups in total. The number of anilines is 2. The van der Waals surface area contributed by atoms with Crippen molar-refractivity contribution in [3.63, 3.8) is 0 Å². The zero-order valence-corrected chi connectivity index (χ0v) is 11.5. The van der Waals surface area contributed by atoms with Gasteiger partial charge in [0.15, 0.2) is 0 Å². The van der Waals surface area contributed by atoms with Crippen molar-refractivity contribution in [3.8, 4) is 0 Å². The highest BCUT2D eigenvalue weighted by molar-refractivity contribution is 9.10. The Balaban J connectivity index is 2.07.